The smallest absolute Gasteiger partial charge is 0.0411 e. The average molecular weight is 233 g/mol. The third-order valence-corrected chi connectivity index (χ3v) is 3.37. The molecular weight excluding hydrogens is 218 g/mol. The van der Waals surface area contributed by atoms with E-state index in [2.05, 4.69) is 36.1 Å². The van der Waals surface area contributed by atoms with Gasteiger partial charge in [0.25, 0.3) is 0 Å². The highest BCUT2D eigenvalue weighted by atomic mass is 14.8. The number of nitrogens with two attached hydrogens (primary N) is 1. The van der Waals surface area contributed by atoms with Crippen molar-refractivity contribution < 1.29 is 0 Å². The molecule has 1 heteroatoms. The van der Waals surface area contributed by atoms with Gasteiger partial charge < -0.3 is 5.73 Å². The largest absolute Gasteiger partial charge is 0.321 e. The SMILES string of the molecule is NC1(c2ccc(C#Cc3ccccc3)cc2)CC1. The summed E-state index contributed by atoms with van der Waals surface area (Å²) in [6, 6.07) is 18.3. The first kappa shape index (κ1) is 11.1. The first-order valence-electron chi connectivity index (χ1n) is 6.23. The molecule has 0 aromatic heterocycles. The van der Waals surface area contributed by atoms with Crippen molar-refractivity contribution in [2.24, 2.45) is 5.73 Å². The van der Waals surface area contributed by atoms with Gasteiger partial charge in [0.15, 0.2) is 0 Å². The Hall–Kier alpha value is -2.04. The van der Waals surface area contributed by atoms with E-state index in [4.69, 9.17) is 5.73 Å². The zero-order valence-electron chi connectivity index (χ0n) is 10.2. The molecule has 0 atom stereocenters. The second kappa shape index (κ2) is 4.33. The van der Waals surface area contributed by atoms with Gasteiger partial charge in [-0.05, 0) is 42.7 Å². The summed E-state index contributed by atoms with van der Waals surface area (Å²) < 4.78 is 0. The Kier molecular flexibility index (Phi) is 2.66. The van der Waals surface area contributed by atoms with Crippen LogP contribution in [0.1, 0.15) is 29.5 Å². The molecule has 0 saturated heterocycles. The van der Waals surface area contributed by atoms with Crippen molar-refractivity contribution in [2.75, 3.05) is 0 Å². The molecule has 0 radical (unpaired) electrons. The fraction of sp³-hybridized carbons (Fsp3) is 0.176. The van der Waals surface area contributed by atoms with Crippen molar-refractivity contribution in [1.29, 1.82) is 0 Å². The Balaban J connectivity index is 1.80. The maximum atomic E-state index is 6.15. The van der Waals surface area contributed by atoms with Gasteiger partial charge in [-0.25, -0.2) is 0 Å². The van der Waals surface area contributed by atoms with E-state index in [-0.39, 0.29) is 5.54 Å². The van der Waals surface area contributed by atoms with Gasteiger partial charge in [-0.3, -0.25) is 0 Å². The molecule has 0 unspecified atom stereocenters. The maximum Gasteiger partial charge on any atom is 0.0411 e. The van der Waals surface area contributed by atoms with E-state index in [1.54, 1.807) is 0 Å². The second-order valence-corrected chi connectivity index (χ2v) is 4.85. The lowest BCUT2D eigenvalue weighted by atomic mass is 10.0. The van der Waals surface area contributed by atoms with Crippen LogP contribution < -0.4 is 5.73 Å². The fourth-order valence-corrected chi connectivity index (χ4v) is 1.97. The van der Waals surface area contributed by atoms with E-state index in [0.29, 0.717) is 0 Å². The third-order valence-electron chi connectivity index (χ3n) is 3.37. The topological polar surface area (TPSA) is 26.0 Å². The van der Waals surface area contributed by atoms with E-state index >= 15 is 0 Å². The van der Waals surface area contributed by atoms with Gasteiger partial charge in [0.1, 0.15) is 0 Å². The first-order chi connectivity index (χ1) is 8.76. The summed E-state index contributed by atoms with van der Waals surface area (Å²) in [4.78, 5) is 0. The van der Waals surface area contributed by atoms with Crippen LogP contribution >= 0.6 is 0 Å². The average Bonchev–Trinajstić information content (AvgIpc) is 3.17. The van der Waals surface area contributed by atoms with E-state index in [0.717, 1.165) is 24.0 Å². The van der Waals surface area contributed by atoms with Crippen LogP contribution in [0.25, 0.3) is 0 Å². The summed E-state index contributed by atoms with van der Waals surface area (Å²) in [6.07, 6.45) is 2.20. The Labute approximate surface area is 108 Å². The van der Waals surface area contributed by atoms with Crippen molar-refractivity contribution in [3.63, 3.8) is 0 Å². The van der Waals surface area contributed by atoms with Crippen molar-refractivity contribution in [1.82, 2.24) is 0 Å². The summed E-state index contributed by atoms with van der Waals surface area (Å²) in [5.41, 5.74) is 9.40. The highest BCUT2D eigenvalue weighted by Gasteiger charge is 2.39. The molecule has 2 aromatic rings. The molecule has 0 aliphatic heterocycles. The molecule has 0 heterocycles. The minimum Gasteiger partial charge on any atom is -0.321 e. The molecule has 1 nitrogen and oxygen atoms in total. The van der Waals surface area contributed by atoms with Crippen LogP contribution in [0.4, 0.5) is 0 Å². The predicted molar refractivity (Wildman–Crippen MR) is 74.0 cm³/mol. The molecule has 2 N–H and O–H groups in total. The summed E-state index contributed by atoms with van der Waals surface area (Å²) in [5.74, 6) is 6.32. The first-order valence-corrected chi connectivity index (χ1v) is 6.23. The molecule has 1 saturated carbocycles. The van der Waals surface area contributed by atoms with E-state index in [9.17, 15) is 0 Å². The zero-order valence-corrected chi connectivity index (χ0v) is 10.2. The summed E-state index contributed by atoms with van der Waals surface area (Å²) in [5, 5.41) is 0. The van der Waals surface area contributed by atoms with Crippen molar-refractivity contribution in [3.05, 3.63) is 71.3 Å². The van der Waals surface area contributed by atoms with Gasteiger partial charge in [0, 0.05) is 16.7 Å². The molecule has 18 heavy (non-hydrogen) atoms. The van der Waals surface area contributed by atoms with Gasteiger partial charge in [0.05, 0.1) is 0 Å². The molecule has 3 rings (SSSR count). The van der Waals surface area contributed by atoms with Gasteiger partial charge in [-0.1, -0.05) is 42.2 Å². The van der Waals surface area contributed by atoms with E-state index < -0.39 is 0 Å². The van der Waals surface area contributed by atoms with Crippen LogP contribution in [0.5, 0.6) is 0 Å². The quantitative estimate of drug-likeness (QED) is 0.753. The monoisotopic (exact) mass is 233 g/mol. The van der Waals surface area contributed by atoms with Crippen LogP contribution in [0.2, 0.25) is 0 Å². The van der Waals surface area contributed by atoms with Crippen LogP contribution in [0.15, 0.2) is 54.6 Å². The summed E-state index contributed by atoms with van der Waals surface area (Å²) in [6.45, 7) is 0. The molecule has 0 amide bonds. The van der Waals surface area contributed by atoms with E-state index in [1.807, 2.05) is 30.3 Å². The highest BCUT2D eigenvalue weighted by molar-refractivity contribution is 5.44. The van der Waals surface area contributed by atoms with Crippen molar-refractivity contribution >= 4 is 0 Å². The second-order valence-electron chi connectivity index (χ2n) is 4.85. The highest BCUT2D eigenvalue weighted by Crippen LogP contribution is 2.42. The van der Waals surface area contributed by atoms with Gasteiger partial charge >= 0.3 is 0 Å². The van der Waals surface area contributed by atoms with Crippen LogP contribution in [-0.2, 0) is 5.54 Å². The van der Waals surface area contributed by atoms with Crippen molar-refractivity contribution in [3.8, 4) is 11.8 Å². The zero-order chi connectivity index (χ0) is 12.4. The number of benzene rings is 2. The van der Waals surface area contributed by atoms with Gasteiger partial charge in [-0.2, -0.15) is 0 Å². The lowest BCUT2D eigenvalue weighted by molar-refractivity contribution is 0.740. The molecule has 1 aliphatic rings. The summed E-state index contributed by atoms with van der Waals surface area (Å²) in [7, 11) is 0. The molecule has 88 valence electrons. The number of hydrogen-bond donors (Lipinski definition) is 1. The predicted octanol–water partition coefficient (Wildman–Crippen LogP) is 3.03. The normalized spacial score (nSPS) is 15.6. The van der Waals surface area contributed by atoms with Gasteiger partial charge in [-0.15, -0.1) is 0 Å². The van der Waals surface area contributed by atoms with Gasteiger partial charge in [0.2, 0.25) is 0 Å². The minimum atomic E-state index is -0.0502. The summed E-state index contributed by atoms with van der Waals surface area (Å²) >= 11 is 0. The molecule has 1 aliphatic carbocycles. The Bertz CT molecular complexity index is 596. The van der Waals surface area contributed by atoms with Crippen molar-refractivity contribution in [2.45, 2.75) is 18.4 Å². The molecule has 0 spiro atoms. The minimum absolute atomic E-state index is 0.0502. The molecular formula is C17H15N. The Morgan fingerprint density at radius 1 is 0.778 bits per heavy atom. The lowest BCUT2D eigenvalue weighted by Crippen LogP contribution is -2.18. The van der Waals surface area contributed by atoms with Crippen LogP contribution in [-0.4, -0.2) is 0 Å². The van der Waals surface area contributed by atoms with Crippen LogP contribution in [0.3, 0.4) is 0 Å². The number of hydrogen-bond acceptors (Lipinski definition) is 1. The Morgan fingerprint density at radius 3 is 1.89 bits per heavy atom. The lowest BCUT2D eigenvalue weighted by Gasteiger charge is -2.07. The van der Waals surface area contributed by atoms with Crippen LogP contribution in [0, 0.1) is 11.8 Å². The third kappa shape index (κ3) is 2.30. The van der Waals surface area contributed by atoms with E-state index in [1.165, 1.54) is 5.56 Å². The molecule has 0 bridgehead atoms. The number of rotatable bonds is 1. The Morgan fingerprint density at radius 2 is 1.33 bits per heavy atom. The molecule has 1 fully saturated rings. The standard InChI is InChI=1S/C17H15N/c18-17(12-13-17)16-10-8-15(9-11-16)7-6-14-4-2-1-3-5-14/h1-5,8-11H,12-13,18H2. The fourth-order valence-electron chi connectivity index (χ4n) is 1.97. The molecule has 2 aromatic carbocycles. The maximum absolute atomic E-state index is 6.15.